The molecule has 0 saturated heterocycles. The van der Waals surface area contributed by atoms with Gasteiger partial charge in [0.25, 0.3) is 5.69 Å². The van der Waals surface area contributed by atoms with Crippen LogP contribution in [0.2, 0.25) is 0 Å². The number of hydrogen-bond acceptors (Lipinski definition) is 5. The minimum Gasteiger partial charge on any atom is -0.618 e. The second-order valence-corrected chi connectivity index (χ2v) is 7.97. The standard InChI is InChI=1S/C18H14N2O5S/c21-18(19-15-6-8-26(23,24)11-15)16-3-1-14(10-20(16)22)12-2-4-17-13(9-12)5-7-25-17/h1-10,15H,11H2,(H,19,21)/t15-/m1/s1. The summed E-state index contributed by atoms with van der Waals surface area (Å²) in [6.07, 6.45) is 4.31. The Balaban J connectivity index is 1.57. The minimum atomic E-state index is -3.28. The molecule has 1 N–H and O–H groups in total. The number of furan rings is 1. The maximum absolute atomic E-state index is 12.3. The molecule has 2 aromatic heterocycles. The quantitative estimate of drug-likeness (QED) is 0.559. The van der Waals surface area contributed by atoms with Gasteiger partial charge in [0.2, 0.25) is 0 Å². The van der Waals surface area contributed by atoms with Gasteiger partial charge >= 0.3 is 5.91 Å². The zero-order valence-electron chi connectivity index (χ0n) is 13.5. The van der Waals surface area contributed by atoms with E-state index in [-0.39, 0.29) is 11.4 Å². The fourth-order valence-corrected chi connectivity index (χ4v) is 4.12. The second-order valence-electron chi connectivity index (χ2n) is 6.04. The van der Waals surface area contributed by atoms with E-state index in [1.165, 1.54) is 18.3 Å². The molecule has 1 aliphatic rings. The van der Waals surface area contributed by atoms with Crippen molar-refractivity contribution in [3.8, 4) is 11.1 Å². The Kier molecular flexibility index (Phi) is 3.77. The molecule has 0 saturated carbocycles. The van der Waals surface area contributed by atoms with Crippen LogP contribution in [0.1, 0.15) is 10.5 Å². The molecule has 7 nitrogen and oxygen atoms in total. The summed E-state index contributed by atoms with van der Waals surface area (Å²) in [5, 5.41) is 16.8. The highest BCUT2D eigenvalue weighted by molar-refractivity contribution is 7.94. The first-order chi connectivity index (χ1) is 12.4. The largest absolute Gasteiger partial charge is 0.618 e. The van der Waals surface area contributed by atoms with E-state index in [0.717, 1.165) is 21.9 Å². The highest BCUT2D eigenvalue weighted by Crippen LogP contribution is 2.24. The third-order valence-corrected chi connectivity index (χ3v) is 5.58. The van der Waals surface area contributed by atoms with Crippen LogP contribution in [0.5, 0.6) is 0 Å². The molecule has 4 rings (SSSR count). The molecule has 1 aromatic carbocycles. The van der Waals surface area contributed by atoms with Crippen LogP contribution in [0, 0.1) is 5.21 Å². The Bertz CT molecular complexity index is 1150. The number of benzene rings is 1. The number of nitrogens with one attached hydrogen (secondary N) is 1. The van der Waals surface area contributed by atoms with Gasteiger partial charge in [-0.15, -0.1) is 0 Å². The number of sulfone groups is 1. The van der Waals surface area contributed by atoms with Crippen molar-refractivity contribution in [3.05, 3.63) is 71.2 Å². The Morgan fingerprint density at radius 3 is 2.73 bits per heavy atom. The van der Waals surface area contributed by atoms with Crippen molar-refractivity contribution in [3.63, 3.8) is 0 Å². The first-order valence-electron chi connectivity index (χ1n) is 7.84. The molecular formula is C18H14N2O5S. The predicted octanol–water partition coefficient (Wildman–Crippen LogP) is 1.77. The van der Waals surface area contributed by atoms with Crippen LogP contribution < -0.4 is 10.0 Å². The lowest BCUT2D eigenvalue weighted by molar-refractivity contribution is -0.607. The number of carbonyl (C=O) groups excluding carboxylic acids is 1. The van der Waals surface area contributed by atoms with E-state index in [0.29, 0.717) is 10.3 Å². The average molecular weight is 370 g/mol. The summed E-state index contributed by atoms with van der Waals surface area (Å²) >= 11 is 0. The van der Waals surface area contributed by atoms with Crippen molar-refractivity contribution >= 4 is 26.7 Å². The van der Waals surface area contributed by atoms with Crippen LogP contribution in [0.15, 0.2) is 64.8 Å². The van der Waals surface area contributed by atoms with E-state index < -0.39 is 21.8 Å². The Morgan fingerprint density at radius 2 is 2.00 bits per heavy atom. The van der Waals surface area contributed by atoms with Crippen LogP contribution in [0.3, 0.4) is 0 Å². The molecule has 132 valence electrons. The molecule has 0 radical (unpaired) electrons. The number of carbonyl (C=O) groups is 1. The average Bonchev–Trinajstić information content (AvgIpc) is 3.19. The Morgan fingerprint density at radius 1 is 1.19 bits per heavy atom. The van der Waals surface area contributed by atoms with Crippen molar-refractivity contribution < 1.29 is 22.4 Å². The van der Waals surface area contributed by atoms with Crippen LogP contribution in [0.25, 0.3) is 22.1 Å². The number of amides is 1. The first-order valence-corrected chi connectivity index (χ1v) is 9.55. The van der Waals surface area contributed by atoms with E-state index in [1.54, 1.807) is 12.3 Å². The Labute approximate surface area is 149 Å². The maximum Gasteiger partial charge on any atom is 0.317 e. The van der Waals surface area contributed by atoms with Gasteiger partial charge in [0.1, 0.15) is 5.58 Å². The molecular weight excluding hydrogens is 356 g/mol. The summed E-state index contributed by atoms with van der Waals surface area (Å²) in [6.45, 7) is 0. The maximum atomic E-state index is 12.3. The third kappa shape index (κ3) is 3.06. The number of pyridine rings is 1. The summed E-state index contributed by atoms with van der Waals surface area (Å²) in [6, 6.07) is 9.83. The van der Waals surface area contributed by atoms with E-state index in [4.69, 9.17) is 4.42 Å². The predicted molar refractivity (Wildman–Crippen MR) is 94.8 cm³/mol. The van der Waals surface area contributed by atoms with Crippen LogP contribution in [-0.4, -0.2) is 26.1 Å². The van der Waals surface area contributed by atoms with Crippen molar-refractivity contribution in [1.82, 2.24) is 5.32 Å². The van der Waals surface area contributed by atoms with E-state index >= 15 is 0 Å². The van der Waals surface area contributed by atoms with Crippen molar-refractivity contribution in [2.24, 2.45) is 0 Å². The molecule has 3 heterocycles. The molecule has 0 bridgehead atoms. The van der Waals surface area contributed by atoms with Gasteiger partial charge in [-0.1, -0.05) is 6.07 Å². The SMILES string of the molecule is O=C(N[C@@H]1C=CS(=O)(=O)C1)c1ccc(-c2ccc3occc3c2)c[n+]1[O-]. The van der Waals surface area contributed by atoms with Gasteiger partial charge in [-0.2, -0.15) is 4.73 Å². The molecule has 3 aromatic rings. The molecule has 1 atom stereocenters. The smallest absolute Gasteiger partial charge is 0.317 e. The summed E-state index contributed by atoms with van der Waals surface area (Å²) in [5.74, 6) is -0.816. The lowest BCUT2D eigenvalue weighted by Gasteiger charge is -2.10. The minimum absolute atomic E-state index is 0.101. The topological polar surface area (TPSA) is 103 Å². The van der Waals surface area contributed by atoms with Crippen molar-refractivity contribution in [2.75, 3.05) is 5.75 Å². The van der Waals surface area contributed by atoms with Crippen LogP contribution in [-0.2, 0) is 9.84 Å². The summed E-state index contributed by atoms with van der Waals surface area (Å²) in [5.41, 5.74) is 2.12. The lowest BCUT2D eigenvalue weighted by atomic mass is 10.1. The monoisotopic (exact) mass is 370 g/mol. The van der Waals surface area contributed by atoms with Crippen molar-refractivity contribution in [2.45, 2.75) is 6.04 Å². The van der Waals surface area contributed by atoms with Crippen LogP contribution in [0.4, 0.5) is 0 Å². The van der Waals surface area contributed by atoms with E-state index in [9.17, 15) is 18.4 Å². The normalized spacial score (nSPS) is 18.2. The zero-order valence-corrected chi connectivity index (χ0v) is 14.3. The van der Waals surface area contributed by atoms with Gasteiger partial charge in [0.15, 0.2) is 16.0 Å². The van der Waals surface area contributed by atoms with Gasteiger partial charge < -0.3 is 14.9 Å². The van der Waals surface area contributed by atoms with Gasteiger partial charge in [0.05, 0.1) is 18.1 Å². The highest BCUT2D eigenvalue weighted by atomic mass is 32.2. The van der Waals surface area contributed by atoms with Gasteiger partial charge in [-0.05, 0) is 35.9 Å². The summed E-state index contributed by atoms with van der Waals surface area (Å²) in [7, 11) is -3.28. The molecule has 8 heteroatoms. The number of nitrogens with zero attached hydrogens (tertiary/aromatic N) is 1. The Hall–Kier alpha value is -3.13. The summed E-state index contributed by atoms with van der Waals surface area (Å²) < 4.78 is 28.6. The molecule has 1 amide bonds. The second kappa shape index (κ2) is 5.99. The van der Waals surface area contributed by atoms with Gasteiger partial charge in [-0.25, -0.2) is 8.42 Å². The molecule has 0 aliphatic carbocycles. The third-order valence-electron chi connectivity index (χ3n) is 4.18. The molecule has 0 unspecified atom stereocenters. The van der Waals surface area contributed by atoms with Gasteiger partial charge in [-0.3, -0.25) is 4.79 Å². The highest BCUT2D eigenvalue weighted by Gasteiger charge is 2.26. The van der Waals surface area contributed by atoms with Crippen LogP contribution >= 0.6 is 0 Å². The fourth-order valence-electron chi connectivity index (χ4n) is 2.88. The fraction of sp³-hybridized carbons (Fsp3) is 0.111. The molecule has 1 aliphatic heterocycles. The first kappa shape index (κ1) is 16.3. The lowest BCUT2D eigenvalue weighted by Crippen LogP contribution is -2.43. The van der Waals surface area contributed by atoms with E-state index in [2.05, 4.69) is 5.32 Å². The zero-order chi connectivity index (χ0) is 18.3. The molecule has 26 heavy (non-hydrogen) atoms. The number of hydrogen-bond donors (Lipinski definition) is 1. The number of rotatable bonds is 3. The number of fused-ring (bicyclic) bond motifs is 1. The summed E-state index contributed by atoms with van der Waals surface area (Å²) in [4.78, 5) is 12.2. The van der Waals surface area contributed by atoms with Crippen molar-refractivity contribution in [1.29, 1.82) is 0 Å². The van der Waals surface area contributed by atoms with E-state index in [1.807, 2.05) is 24.3 Å². The van der Waals surface area contributed by atoms with Gasteiger partial charge in [0, 0.05) is 22.4 Å². The molecule has 0 fully saturated rings. The number of aromatic nitrogens is 1. The molecule has 0 spiro atoms.